The SMILES string of the molecule is C=CC(=O)N1CCC(n2nc(-c3ccc(Oc4ccccc4)cc3)c3cnccc32)CC1.C=CC(=O)N1CCC[C@@H](n2nc(-c3ccc(Oc4cccc(C)c4F)cc3)c3cnccc32)C1.C=CC(=O)N1CCC[C@@H](n2nc(-c3ccc(Oc4cccc(F)c4C)cc3)c3cnccc32)C1. The largest absolute Gasteiger partial charge is 0.457 e. The number of pyridine rings is 3. The Morgan fingerprint density at radius 1 is 0.430 bits per heavy atom. The Hall–Kier alpha value is -11.9. The maximum Gasteiger partial charge on any atom is 0.246 e. The second-order valence-corrected chi connectivity index (χ2v) is 24.8. The summed E-state index contributed by atoms with van der Waals surface area (Å²) in [7, 11) is 0. The third-order valence-electron chi connectivity index (χ3n) is 18.5. The Morgan fingerprint density at radius 3 is 1.29 bits per heavy atom. The van der Waals surface area contributed by atoms with Gasteiger partial charge in [-0.2, -0.15) is 15.3 Å². The molecule has 2 atom stereocenters. The second-order valence-electron chi connectivity index (χ2n) is 24.8. The maximum absolute atomic E-state index is 14.3. The topological polar surface area (TPSA) is 181 Å². The number of halogens is 2. The van der Waals surface area contributed by atoms with Crippen LogP contribution >= 0.6 is 0 Å². The molecule has 20 heteroatoms. The molecule has 504 valence electrons. The number of ether oxygens (including phenoxy) is 3. The lowest BCUT2D eigenvalue weighted by Crippen LogP contribution is -2.40. The van der Waals surface area contributed by atoms with E-state index in [-0.39, 0.29) is 53.2 Å². The summed E-state index contributed by atoms with van der Waals surface area (Å²) in [4.78, 5) is 54.7. The van der Waals surface area contributed by atoms with E-state index in [0.717, 1.165) is 130 Å². The van der Waals surface area contributed by atoms with Gasteiger partial charge in [0.1, 0.15) is 51.6 Å². The summed E-state index contributed by atoms with van der Waals surface area (Å²) >= 11 is 0. The van der Waals surface area contributed by atoms with Crippen LogP contribution in [0.4, 0.5) is 8.78 Å². The number of hydrogen-bond donors (Lipinski definition) is 0. The lowest BCUT2D eigenvalue weighted by atomic mass is 10.0. The summed E-state index contributed by atoms with van der Waals surface area (Å²) < 4.78 is 51.9. The van der Waals surface area contributed by atoms with Gasteiger partial charge in [0.15, 0.2) is 11.6 Å². The quantitative estimate of drug-likeness (QED) is 0.0888. The van der Waals surface area contributed by atoms with Crippen LogP contribution < -0.4 is 14.2 Å². The Morgan fingerprint density at radius 2 is 0.830 bits per heavy atom. The normalized spacial score (nSPS) is 15.5. The summed E-state index contributed by atoms with van der Waals surface area (Å²) in [5.41, 5.74) is 9.42. The minimum Gasteiger partial charge on any atom is -0.457 e. The van der Waals surface area contributed by atoms with E-state index in [1.165, 1.54) is 24.3 Å². The van der Waals surface area contributed by atoms with Crippen molar-refractivity contribution in [1.29, 1.82) is 0 Å². The number of piperidine rings is 3. The van der Waals surface area contributed by atoms with Crippen LogP contribution in [0.2, 0.25) is 0 Å². The highest BCUT2D eigenvalue weighted by Gasteiger charge is 2.30. The van der Waals surface area contributed by atoms with Crippen molar-refractivity contribution < 1.29 is 37.4 Å². The lowest BCUT2D eigenvalue weighted by Gasteiger charge is -2.32. The van der Waals surface area contributed by atoms with Crippen LogP contribution in [0, 0.1) is 25.5 Å². The van der Waals surface area contributed by atoms with Crippen molar-refractivity contribution in [2.45, 2.75) is 70.5 Å². The van der Waals surface area contributed by atoms with Gasteiger partial charge in [0.2, 0.25) is 17.7 Å². The molecule has 0 saturated carbocycles. The highest BCUT2D eigenvalue weighted by atomic mass is 19.1. The molecule has 3 aliphatic heterocycles. The average molecular weight is 1340 g/mol. The molecule has 0 spiro atoms. The fourth-order valence-electron chi connectivity index (χ4n) is 13.2. The number of aromatic nitrogens is 9. The third-order valence-corrected chi connectivity index (χ3v) is 18.5. The number of para-hydroxylation sites is 1. The van der Waals surface area contributed by atoms with E-state index in [1.54, 1.807) is 62.8 Å². The van der Waals surface area contributed by atoms with Gasteiger partial charge in [-0.25, -0.2) is 8.78 Å². The molecule has 0 aliphatic carbocycles. The van der Waals surface area contributed by atoms with E-state index in [2.05, 4.69) is 39.4 Å². The molecule has 3 amide bonds. The van der Waals surface area contributed by atoms with Gasteiger partial charge >= 0.3 is 0 Å². The molecular weight excluding hydrogens is 1260 g/mol. The van der Waals surface area contributed by atoms with E-state index in [4.69, 9.17) is 29.5 Å². The summed E-state index contributed by atoms with van der Waals surface area (Å²) in [5.74, 6) is 2.67. The zero-order chi connectivity index (χ0) is 69.2. The van der Waals surface area contributed by atoms with Crippen LogP contribution in [0.5, 0.6) is 34.5 Å². The Kier molecular flexibility index (Phi) is 20.2. The first-order chi connectivity index (χ1) is 48.8. The van der Waals surface area contributed by atoms with Crippen LogP contribution in [0.25, 0.3) is 66.5 Å². The van der Waals surface area contributed by atoms with E-state index >= 15 is 0 Å². The van der Waals surface area contributed by atoms with Crippen LogP contribution in [-0.2, 0) is 14.4 Å². The molecule has 6 aromatic heterocycles. The molecule has 15 rings (SSSR count). The fourth-order valence-corrected chi connectivity index (χ4v) is 13.2. The molecule has 100 heavy (non-hydrogen) atoms. The molecular formula is C80H74F2N12O6. The van der Waals surface area contributed by atoms with Crippen LogP contribution in [0.15, 0.2) is 233 Å². The summed E-state index contributed by atoms with van der Waals surface area (Å²) in [6.45, 7) is 18.3. The standard InChI is InChI=1S/2C27H25FN4O2.C26H24N4O2/c1-3-26(33)31-15-5-6-20(17-31)32-24-13-14-29-16-22(24)27(30-32)19-9-11-21(12-10-19)34-25-8-4-7-23(28)18(25)2;1-3-25(33)31-15-5-7-20(17-31)32-23-13-14-29-16-22(23)27(30-32)19-9-11-21(12-10-19)34-24-8-4-6-18(2)26(24)28;1-2-25(31)29-16-13-20(14-17-29)30-24-12-15-27-18-23(24)26(28-30)19-8-10-22(11-9-19)32-21-6-4-3-5-7-21/h3-4,7-14,16,20H,1,5-6,15,17H2,2H3;3-4,6,8-14,16,20H,1,5,7,15,17H2,2H3;2-12,15,18,20H,1,13-14,16-17H2/t2*20-;/m11./s1. The zero-order valence-corrected chi connectivity index (χ0v) is 55.6. The Labute approximate surface area is 577 Å². The fraction of sp³-hybridized carbons (Fsp3) is 0.212. The molecule has 0 radical (unpaired) electrons. The highest BCUT2D eigenvalue weighted by Crippen LogP contribution is 2.39. The molecule has 6 aromatic carbocycles. The van der Waals surface area contributed by atoms with Crippen molar-refractivity contribution in [3.8, 4) is 68.3 Å². The van der Waals surface area contributed by atoms with E-state index in [0.29, 0.717) is 54.6 Å². The number of carbonyl (C=O) groups excluding carboxylic acids is 3. The van der Waals surface area contributed by atoms with Gasteiger partial charge in [-0.1, -0.05) is 56.1 Å². The van der Waals surface area contributed by atoms with Crippen LogP contribution in [0.3, 0.4) is 0 Å². The van der Waals surface area contributed by atoms with Crippen LogP contribution in [-0.4, -0.2) is 116 Å². The molecule has 3 fully saturated rings. The Balaban J connectivity index is 0.000000134. The third kappa shape index (κ3) is 14.5. The maximum atomic E-state index is 14.3. The Bertz CT molecular complexity index is 4740. The van der Waals surface area contributed by atoms with E-state index in [9.17, 15) is 23.2 Å². The molecule has 3 aliphatic rings. The van der Waals surface area contributed by atoms with Gasteiger partial charge in [0, 0.05) is 115 Å². The van der Waals surface area contributed by atoms with E-state index < -0.39 is 0 Å². The monoisotopic (exact) mass is 1340 g/mol. The highest BCUT2D eigenvalue weighted by molar-refractivity contribution is 5.95. The average Bonchev–Trinajstić information content (AvgIpc) is 1.64. The van der Waals surface area contributed by atoms with Crippen molar-refractivity contribution in [1.82, 2.24) is 59.0 Å². The van der Waals surface area contributed by atoms with Crippen molar-refractivity contribution in [3.05, 3.63) is 256 Å². The number of amides is 3. The molecule has 0 unspecified atom stereocenters. The molecule has 18 nitrogen and oxygen atoms in total. The van der Waals surface area contributed by atoms with Gasteiger partial charge in [0.25, 0.3) is 0 Å². The van der Waals surface area contributed by atoms with Crippen LogP contribution in [0.1, 0.15) is 67.8 Å². The smallest absolute Gasteiger partial charge is 0.246 e. The summed E-state index contributed by atoms with van der Waals surface area (Å²) in [6, 6.07) is 49.0. The minimum atomic E-state index is -0.362. The first-order valence-electron chi connectivity index (χ1n) is 33.4. The number of rotatable bonds is 15. The van der Waals surface area contributed by atoms with Gasteiger partial charge in [-0.05, 0) is 197 Å². The predicted molar refractivity (Wildman–Crippen MR) is 383 cm³/mol. The molecule has 9 heterocycles. The predicted octanol–water partition coefficient (Wildman–Crippen LogP) is 16.6. The number of benzene rings is 6. The first kappa shape index (κ1) is 66.7. The lowest BCUT2D eigenvalue weighted by molar-refractivity contribution is -0.128. The van der Waals surface area contributed by atoms with E-state index in [1.807, 2.05) is 164 Å². The minimum absolute atomic E-state index is 0.00327. The molecule has 3 saturated heterocycles. The molecule has 0 N–H and O–H groups in total. The molecule has 12 aromatic rings. The second kappa shape index (κ2) is 30.2. The number of likely N-dealkylation sites (tertiary alicyclic amines) is 3. The summed E-state index contributed by atoms with van der Waals surface area (Å²) in [5, 5.41) is 17.8. The van der Waals surface area contributed by atoms with Gasteiger partial charge in [-0.3, -0.25) is 43.4 Å². The number of carbonyl (C=O) groups is 3. The van der Waals surface area contributed by atoms with Gasteiger partial charge in [-0.15, -0.1) is 0 Å². The number of hydrogen-bond acceptors (Lipinski definition) is 12. The van der Waals surface area contributed by atoms with Crippen molar-refractivity contribution in [2.75, 3.05) is 39.3 Å². The number of nitrogens with zero attached hydrogens (tertiary/aromatic N) is 12. The van der Waals surface area contributed by atoms with Crippen molar-refractivity contribution >= 4 is 50.4 Å². The summed E-state index contributed by atoms with van der Waals surface area (Å²) in [6.07, 6.45) is 20.4. The van der Waals surface area contributed by atoms with Gasteiger partial charge < -0.3 is 28.9 Å². The number of fused-ring (bicyclic) bond motifs is 3. The number of aryl methyl sites for hydroxylation is 1. The van der Waals surface area contributed by atoms with Gasteiger partial charge in [0.05, 0.1) is 34.7 Å². The zero-order valence-electron chi connectivity index (χ0n) is 55.6. The van der Waals surface area contributed by atoms with Crippen molar-refractivity contribution in [2.24, 2.45) is 0 Å². The first-order valence-corrected chi connectivity index (χ1v) is 33.4. The van der Waals surface area contributed by atoms with Crippen molar-refractivity contribution in [3.63, 3.8) is 0 Å². The molecule has 0 bridgehead atoms.